The molecule has 0 saturated heterocycles. The van der Waals surface area contributed by atoms with E-state index in [1.54, 1.807) is 0 Å². The van der Waals surface area contributed by atoms with E-state index in [1.165, 1.54) is 40.2 Å². The molecule has 2 heterocycles. The highest BCUT2D eigenvalue weighted by molar-refractivity contribution is 6.07. The van der Waals surface area contributed by atoms with E-state index in [2.05, 4.69) is 57.0 Å². The number of para-hydroxylation sites is 1. The lowest BCUT2D eigenvalue weighted by atomic mass is 10.0. The van der Waals surface area contributed by atoms with Crippen LogP contribution in [-0.2, 0) is 13.0 Å². The lowest BCUT2D eigenvalue weighted by molar-refractivity contribution is 0.609. The van der Waals surface area contributed by atoms with E-state index >= 15 is 0 Å². The molecule has 0 aliphatic rings. The molecule has 0 aliphatic heterocycles. The lowest BCUT2D eigenvalue weighted by Gasteiger charge is -2.03. The number of imidazole rings is 1. The molecule has 22 heavy (non-hydrogen) atoms. The van der Waals surface area contributed by atoms with E-state index in [4.69, 9.17) is 0 Å². The highest BCUT2D eigenvalue weighted by Crippen LogP contribution is 2.26. The van der Waals surface area contributed by atoms with Crippen LogP contribution in [0.4, 0.5) is 0 Å². The van der Waals surface area contributed by atoms with Gasteiger partial charge >= 0.3 is 0 Å². The van der Waals surface area contributed by atoms with Crippen LogP contribution in [-0.4, -0.2) is 14.5 Å². The first-order valence-corrected chi connectivity index (χ1v) is 7.85. The van der Waals surface area contributed by atoms with E-state index in [1.807, 2.05) is 18.7 Å². The Morgan fingerprint density at radius 1 is 0.955 bits per heavy atom. The molecule has 110 valence electrons. The maximum Gasteiger partial charge on any atom is 0.0945 e. The Morgan fingerprint density at radius 2 is 1.86 bits per heavy atom. The second-order valence-electron chi connectivity index (χ2n) is 5.81. The first kappa shape index (κ1) is 13.1. The summed E-state index contributed by atoms with van der Waals surface area (Å²) in [6.45, 7) is 1.05. The Morgan fingerprint density at radius 3 is 2.77 bits per heavy atom. The molecule has 4 rings (SSSR count). The number of aromatic amines is 1. The predicted octanol–water partition coefficient (Wildman–Crippen LogP) is 4.54. The number of nitrogens with zero attached hydrogens (tertiary/aromatic N) is 2. The fraction of sp³-hybridized carbons (Fsp3) is 0.211. The number of H-pyrrole nitrogens is 1. The molecule has 0 spiro atoms. The first-order valence-electron chi connectivity index (χ1n) is 7.85. The van der Waals surface area contributed by atoms with E-state index in [9.17, 15) is 0 Å². The Balaban J connectivity index is 1.48. The fourth-order valence-electron chi connectivity index (χ4n) is 3.09. The van der Waals surface area contributed by atoms with Gasteiger partial charge in [0.2, 0.25) is 0 Å². The summed E-state index contributed by atoms with van der Waals surface area (Å²) < 4.78 is 2.14. The SMILES string of the molecule is c1ccc2c(c1)[nH]c1ccc(CCCCn3ccnc3)cc12. The molecule has 0 fully saturated rings. The highest BCUT2D eigenvalue weighted by atomic mass is 15.0. The van der Waals surface area contributed by atoms with E-state index < -0.39 is 0 Å². The van der Waals surface area contributed by atoms with Crippen LogP contribution in [0.5, 0.6) is 0 Å². The molecule has 0 radical (unpaired) electrons. The number of aromatic nitrogens is 3. The summed E-state index contributed by atoms with van der Waals surface area (Å²) in [5, 5.41) is 2.65. The molecule has 4 aromatic rings. The van der Waals surface area contributed by atoms with Gasteiger partial charge < -0.3 is 9.55 Å². The van der Waals surface area contributed by atoms with Crippen LogP contribution >= 0.6 is 0 Å². The van der Waals surface area contributed by atoms with Crippen LogP contribution in [0.2, 0.25) is 0 Å². The summed E-state index contributed by atoms with van der Waals surface area (Å²) in [5.74, 6) is 0. The van der Waals surface area contributed by atoms with Crippen LogP contribution in [0.15, 0.2) is 61.2 Å². The number of benzene rings is 2. The molecule has 2 aromatic heterocycles. The zero-order chi connectivity index (χ0) is 14.8. The van der Waals surface area contributed by atoms with Crippen molar-refractivity contribution >= 4 is 21.8 Å². The quantitative estimate of drug-likeness (QED) is 0.538. The van der Waals surface area contributed by atoms with E-state index in [0.717, 1.165) is 13.0 Å². The molecular formula is C19H19N3. The van der Waals surface area contributed by atoms with Gasteiger partial charge in [-0.05, 0) is 43.0 Å². The maximum atomic E-state index is 4.08. The third-order valence-electron chi connectivity index (χ3n) is 4.26. The van der Waals surface area contributed by atoms with Gasteiger partial charge in [-0.15, -0.1) is 0 Å². The van der Waals surface area contributed by atoms with Crippen molar-refractivity contribution in [2.45, 2.75) is 25.8 Å². The second kappa shape index (κ2) is 5.68. The summed E-state index contributed by atoms with van der Waals surface area (Å²) in [6.07, 6.45) is 9.26. The normalized spacial score (nSPS) is 11.5. The minimum absolute atomic E-state index is 1.05. The van der Waals surface area contributed by atoms with E-state index in [0.29, 0.717) is 0 Å². The van der Waals surface area contributed by atoms with Gasteiger partial charge in [0.05, 0.1) is 6.33 Å². The van der Waals surface area contributed by atoms with Gasteiger partial charge in [-0.3, -0.25) is 0 Å². The van der Waals surface area contributed by atoms with Crippen molar-refractivity contribution in [3.8, 4) is 0 Å². The zero-order valence-electron chi connectivity index (χ0n) is 12.5. The lowest BCUT2D eigenvalue weighted by Crippen LogP contribution is -1.95. The Kier molecular flexibility index (Phi) is 3.39. The fourth-order valence-corrected chi connectivity index (χ4v) is 3.09. The average Bonchev–Trinajstić information content (AvgIpc) is 3.19. The molecule has 0 saturated carbocycles. The molecule has 1 N–H and O–H groups in total. The number of unbranched alkanes of at least 4 members (excludes halogenated alkanes) is 1. The van der Waals surface area contributed by atoms with Crippen LogP contribution in [0.25, 0.3) is 21.8 Å². The molecule has 0 bridgehead atoms. The molecule has 0 aliphatic carbocycles. The van der Waals surface area contributed by atoms with Crippen LogP contribution in [0.3, 0.4) is 0 Å². The maximum absolute atomic E-state index is 4.08. The van der Waals surface area contributed by atoms with E-state index in [-0.39, 0.29) is 0 Å². The van der Waals surface area contributed by atoms with Crippen LogP contribution in [0, 0.1) is 0 Å². The largest absolute Gasteiger partial charge is 0.355 e. The van der Waals surface area contributed by atoms with Crippen molar-refractivity contribution < 1.29 is 0 Å². The molecule has 0 amide bonds. The average molecular weight is 289 g/mol. The summed E-state index contributed by atoms with van der Waals surface area (Å²) in [6, 6.07) is 15.3. The third kappa shape index (κ3) is 2.50. The Labute approximate surface area is 129 Å². The number of nitrogens with one attached hydrogen (secondary N) is 1. The summed E-state index contributed by atoms with van der Waals surface area (Å²) in [7, 11) is 0. The minimum atomic E-state index is 1.05. The van der Waals surface area contributed by atoms with Crippen molar-refractivity contribution in [3.63, 3.8) is 0 Å². The van der Waals surface area contributed by atoms with Gasteiger partial charge in [-0.25, -0.2) is 4.98 Å². The van der Waals surface area contributed by atoms with Crippen molar-refractivity contribution in [2.75, 3.05) is 0 Å². The number of hydrogen-bond acceptors (Lipinski definition) is 1. The Hall–Kier alpha value is -2.55. The smallest absolute Gasteiger partial charge is 0.0945 e. The molecule has 0 atom stereocenters. The first-order chi connectivity index (χ1) is 10.9. The van der Waals surface area contributed by atoms with Crippen molar-refractivity contribution in [1.29, 1.82) is 0 Å². The molecule has 0 unspecified atom stereocenters. The van der Waals surface area contributed by atoms with Gasteiger partial charge in [0.25, 0.3) is 0 Å². The van der Waals surface area contributed by atoms with Crippen LogP contribution in [0.1, 0.15) is 18.4 Å². The number of fused-ring (bicyclic) bond motifs is 3. The summed E-state index contributed by atoms with van der Waals surface area (Å²) in [5.41, 5.74) is 3.86. The predicted molar refractivity (Wildman–Crippen MR) is 91.0 cm³/mol. The van der Waals surface area contributed by atoms with Crippen molar-refractivity contribution in [3.05, 3.63) is 66.7 Å². The van der Waals surface area contributed by atoms with Crippen LogP contribution < -0.4 is 0 Å². The van der Waals surface area contributed by atoms with Gasteiger partial charge in [0, 0.05) is 40.7 Å². The third-order valence-corrected chi connectivity index (χ3v) is 4.26. The zero-order valence-corrected chi connectivity index (χ0v) is 12.5. The molecular weight excluding hydrogens is 270 g/mol. The molecule has 3 heteroatoms. The molecule has 2 aromatic carbocycles. The summed E-state index contributed by atoms with van der Waals surface area (Å²) >= 11 is 0. The van der Waals surface area contributed by atoms with Gasteiger partial charge in [0.15, 0.2) is 0 Å². The Bertz CT molecular complexity index is 887. The van der Waals surface area contributed by atoms with Crippen molar-refractivity contribution in [2.24, 2.45) is 0 Å². The molecule has 3 nitrogen and oxygen atoms in total. The van der Waals surface area contributed by atoms with Gasteiger partial charge in [0.1, 0.15) is 0 Å². The monoisotopic (exact) mass is 289 g/mol. The van der Waals surface area contributed by atoms with Gasteiger partial charge in [-0.2, -0.15) is 0 Å². The van der Waals surface area contributed by atoms with Gasteiger partial charge in [-0.1, -0.05) is 24.3 Å². The standard InChI is InChI=1S/C19H19N3/c1-2-7-18-16(6-1)17-13-15(8-9-19(17)21-18)5-3-4-11-22-12-10-20-14-22/h1-2,6-10,12-14,21H,3-5,11H2. The minimum Gasteiger partial charge on any atom is -0.355 e. The number of aryl methyl sites for hydroxylation is 2. The topological polar surface area (TPSA) is 33.6 Å². The number of hydrogen-bond donors (Lipinski definition) is 1. The summed E-state index contributed by atoms with van der Waals surface area (Å²) in [4.78, 5) is 7.56. The number of rotatable bonds is 5. The second-order valence-corrected chi connectivity index (χ2v) is 5.81. The highest BCUT2D eigenvalue weighted by Gasteiger charge is 2.04. The van der Waals surface area contributed by atoms with Crippen molar-refractivity contribution in [1.82, 2.24) is 14.5 Å².